The van der Waals surface area contributed by atoms with E-state index in [0.717, 1.165) is 73.4 Å². The minimum Gasteiger partial charge on any atom is -0.311 e. The van der Waals surface area contributed by atoms with Gasteiger partial charge in [-0.1, -0.05) is 212 Å². The van der Waals surface area contributed by atoms with Crippen LogP contribution in [0.5, 0.6) is 0 Å². The summed E-state index contributed by atoms with van der Waals surface area (Å²) in [6.45, 7) is 0. The lowest BCUT2D eigenvalue weighted by Gasteiger charge is -2.27. The maximum absolute atomic E-state index is 2.38. The van der Waals surface area contributed by atoms with E-state index in [4.69, 9.17) is 0 Å². The Kier molecular flexibility index (Phi) is 13.5. The van der Waals surface area contributed by atoms with Crippen molar-refractivity contribution in [3.63, 3.8) is 0 Å². The van der Waals surface area contributed by atoms with Crippen LogP contribution in [0.4, 0.5) is 34.1 Å². The molecule has 0 amide bonds. The van der Waals surface area contributed by atoms with Gasteiger partial charge in [0.05, 0.1) is 33.1 Å². The fraction of sp³-hybridized carbons (Fsp3) is 0. The zero-order valence-corrected chi connectivity index (χ0v) is 52.0. The molecule has 3 heterocycles. The van der Waals surface area contributed by atoms with E-state index in [0.29, 0.717) is 0 Å². The molecule has 18 rings (SSSR count). The molecular formula is C90H61N5. The first kappa shape index (κ1) is 55.2. The van der Waals surface area contributed by atoms with Crippen molar-refractivity contribution in [2.45, 2.75) is 0 Å². The summed E-state index contributed by atoms with van der Waals surface area (Å²) in [5.74, 6) is 0. The van der Waals surface area contributed by atoms with E-state index >= 15 is 0 Å². The molecule has 0 aliphatic heterocycles. The number of hydrogen-bond donors (Lipinski definition) is 0. The number of rotatable bonds is 13. The molecule has 0 aliphatic rings. The van der Waals surface area contributed by atoms with Crippen LogP contribution in [0, 0.1) is 0 Å². The predicted molar refractivity (Wildman–Crippen MR) is 401 cm³/mol. The van der Waals surface area contributed by atoms with Gasteiger partial charge < -0.3 is 23.5 Å². The molecule has 0 unspecified atom stereocenters. The highest BCUT2D eigenvalue weighted by atomic mass is 15.1. The van der Waals surface area contributed by atoms with Crippen molar-refractivity contribution in [3.05, 3.63) is 370 Å². The smallest absolute Gasteiger partial charge is 0.0541 e. The Morgan fingerprint density at radius 1 is 0.147 bits per heavy atom. The summed E-state index contributed by atoms with van der Waals surface area (Å²) in [7, 11) is 0. The van der Waals surface area contributed by atoms with Crippen molar-refractivity contribution in [3.8, 4) is 61.6 Å². The van der Waals surface area contributed by atoms with Crippen molar-refractivity contribution in [1.82, 2.24) is 13.7 Å². The number of aromatic nitrogens is 3. The van der Waals surface area contributed by atoms with Crippen molar-refractivity contribution in [2.75, 3.05) is 9.80 Å². The third kappa shape index (κ3) is 9.72. The second kappa shape index (κ2) is 23.2. The maximum atomic E-state index is 2.38. The zero-order chi connectivity index (χ0) is 62.8. The molecule has 3 aromatic heterocycles. The van der Waals surface area contributed by atoms with E-state index in [-0.39, 0.29) is 0 Å². The summed E-state index contributed by atoms with van der Waals surface area (Å²) in [5, 5.41) is 7.44. The zero-order valence-electron chi connectivity index (χ0n) is 52.0. The largest absolute Gasteiger partial charge is 0.311 e. The van der Waals surface area contributed by atoms with E-state index in [1.54, 1.807) is 0 Å². The lowest BCUT2D eigenvalue weighted by atomic mass is 10.0. The topological polar surface area (TPSA) is 21.3 Å². The van der Waals surface area contributed by atoms with Crippen molar-refractivity contribution in [1.29, 1.82) is 0 Å². The fourth-order valence-corrected chi connectivity index (χ4v) is 14.5. The average Bonchev–Trinajstić information content (AvgIpc) is 1.59. The molecule has 15 aromatic carbocycles. The van der Waals surface area contributed by atoms with Crippen LogP contribution in [-0.2, 0) is 0 Å². The van der Waals surface area contributed by atoms with Crippen LogP contribution in [0.2, 0.25) is 0 Å². The highest BCUT2D eigenvalue weighted by molar-refractivity contribution is 6.12. The highest BCUT2D eigenvalue weighted by Gasteiger charge is 2.20. The predicted octanol–water partition coefficient (Wildman–Crippen LogP) is 24.6. The van der Waals surface area contributed by atoms with Crippen molar-refractivity contribution in [2.24, 2.45) is 0 Å². The molecule has 18 aromatic rings. The standard InChI is InChI=1S/C90H61N5/c1-4-18-62(19-5-1)63-32-44-73(45-33-63)92(77-54-56-78(57-55-77)95-85-28-14-10-24-79(85)80-25-11-15-29-86(80)95)74-48-36-65(37-49-74)64-34-46-72(47-35-64)91(75-50-38-66(39-51-75)68-42-58-89-83(60-68)81-26-12-16-30-87(81)93(89)70-20-6-2-7-21-70)76-52-40-67(41-53-76)69-43-59-90-84(61-69)82-27-13-17-31-88(82)94(90)71-22-8-3-9-23-71/h1-61H. The van der Waals surface area contributed by atoms with Gasteiger partial charge in [0.15, 0.2) is 0 Å². The quantitative estimate of drug-likeness (QED) is 0.115. The molecule has 0 N–H and O–H groups in total. The van der Waals surface area contributed by atoms with Crippen LogP contribution in [-0.4, -0.2) is 13.7 Å². The van der Waals surface area contributed by atoms with Crippen LogP contribution < -0.4 is 9.80 Å². The van der Waals surface area contributed by atoms with E-state index in [1.807, 2.05) is 0 Å². The first-order valence-electron chi connectivity index (χ1n) is 32.5. The Hall–Kier alpha value is -12.7. The molecule has 446 valence electrons. The average molecular weight is 1210 g/mol. The molecule has 0 saturated carbocycles. The van der Waals surface area contributed by atoms with Crippen molar-refractivity contribution < 1.29 is 0 Å². The van der Waals surface area contributed by atoms with Gasteiger partial charge in [-0.3, -0.25) is 0 Å². The first-order valence-corrected chi connectivity index (χ1v) is 32.5. The molecule has 0 radical (unpaired) electrons. The van der Waals surface area contributed by atoms with Crippen LogP contribution in [0.1, 0.15) is 0 Å². The number of para-hydroxylation sites is 6. The molecule has 5 nitrogen and oxygen atoms in total. The summed E-state index contributed by atoms with van der Waals surface area (Å²) in [4.78, 5) is 4.73. The lowest BCUT2D eigenvalue weighted by molar-refractivity contribution is 1.17. The molecule has 0 bridgehead atoms. The van der Waals surface area contributed by atoms with Gasteiger partial charge in [-0.2, -0.15) is 0 Å². The lowest BCUT2D eigenvalue weighted by Crippen LogP contribution is -2.10. The third-order valence-electron chi connectivity index (χ3n) is 19.1. The summed E-state index contributed by atoms with van der Waals surface area (Å²) >= 11 is 0. The second-order valence-corrected chi connectivity index (χ2v) is 24.5. The monoisotopic (exact) mass is 1210 g/mol. The first-order chi connectivity index (χ1) is 47.1. The van der Waals surface area contributed by atoms with Crippen molar-refractivity contribution >= 4 is 99.5 Å². The molecule has 95 heavy (non-hydrogen) atoms. The Balaban J connectivity index is 0.690. The number of nitrogens with zero attached hydrogens (tertiary/aromatic N) is 5. The Morgan fingerprint density at radius 2 is 0.358 bits per heavy atom. The number of anilines is 6. The van der Waals surface area contributed by atoms with E-state index in [1.165, 1.54) is 87.7 Å². The van der Waals surface area contributed by atoms with Gasteiger partial charge in [-0.25, -0.2) is 0 Å². The van der Waals surface area contributed by atoms with Gasteiger partial charge in [-0.05, 0) is 202 Å². The normalized spacial score (nSPS) is 11.6. The molecule has 0 saturated heterocycles. The minimum absolute atomic E-state index is 1.06. The van der Waals surface area contributed by atoms with Gasteiger partial charge in [0, 0.05) is 83.5 Å². The molecular weight excluding hydrogens is 1150 g/mol. The second-order valence-electron chi connectivity index (χ2n) is 24.5. The fourth-order valence-electron chi connectivity index (χ4n) is 14.5. The molecule has 0 fully saturated rings. The number of benzene rings is 15. The molecule has 0 aliphatic carbocycles. The van der Waals surface area contributed by atoms with Gasteiger partial charge >= 0.3 is 0 Å². The van der Waals surface area contributed by atoms with Gasteiger partial charge in [0.25, 0.3) is 0 Å². The van der Waals surface area contributed by atoms with Crippen LogP contribution in [0.25, 0.3) is 127 Å². The minimum atomic E-state index is 1.06. The summed E-state index contributed by atoms with van der Waals surface area (Å²) in [5.41, 5.74) is 26.3. The van der Waals surface area contributed by atoms with E-state index in [2.05, 4.69) is 394 Å². The van der Waals surface area contributed by atoms with Crippen LogP contribution in [0.3, 0.4) is 0 Å². The Bertz CT molecular complexity index is 5580. The van der Waals surface area contributed by atoms with Crippen LogP contribution in [0.15, 0.2) is 370 Å². The summed E-state index contributed by atoms with van der Waals surface area (Å²) < 4.78 is 7.13. The highest BCUT2D eigenvalue weighted by Crippen LogP contribution is 2.43. The Labute approximate surface area is 551 Å². The van der Waals surface area contributed by atoms with Crippen LogP contribution >= 0.6 is 0 Å². The Morgan fingerprint density at radius 3 is 0.674 bits per heavy atom. The number of fused-ring (bicyclic) bond motifs is 9. The summed E-state index contributed by atoms with van der Waals surface area (Å²) in [6.07, 6.45) is 0. The van der Waals surface area contributed by atoms with Gasteiger partial charge in [-0.15, -0.1) is 0 Å². The number of hydrogen-bond acceptors (Lipinski definition) is 2. The molecule has 0 atom stereocenters. The van der Waals surface area contributed by atoms with Gasteiger partial charge in [0.1, 0.15) is 0 Å². The SMILES string of the molecule is c1ccc(-c2ccc(N(c3ccc(-c4ccc(N(c5ccc(-c6ccc7c(c6)c6ccccc6n7-c6ccccc6)cc5)c5ccc(-c6ccc7c(c6)c6ccccc6n7-c6ccccc6)cc5)cc4)cc3)c3ccc(-n4c5ccccc5c5ccccc54)cc3)cc2)cc1. The third-order valence-corrected chi connectivity index (χ3v) is 19.1. The van der Waals surface area contributed by atoms with Gasteiger partial charge in [0.2, 0.25) is 0 Å². The maximum Gasteiger partial charge on any atom is 0.0541 e. The molecule has 5 heteroatoms. The summed E-state index contributed by atoms with van der Waals surface area (Å²) in [6, 6.07) is 135. The van der Waals surface area contributed by atoms with E-state index in [9.17, 15) is 0 Å². The molecule has 0 spiro atoms. The van der Waals surface area contributed by atoms with E-state index < -0.39 is 0 Å².